The van der Waals surface area contributed by atoms with Crippen molar-refractivity contribution in [3.63, 3.8) is 0 Å². The Balaban J connectivity index is 2.19. The van der Waals surface area contributed by atoms with Crippen molar-refractivity contribution >= 4 is 35.0 Å². The number of thiocarbonyl (C=S) groups is 1. The normalized spacial score (nSPS) is 9.89. The Bertz CT molecular complexity index is 640. The third kappa shape index (κ3) is 3.01. The highest BCUT2D eigenvalue weighted by Gasteiger charge is 2.11. The van der Waals surface area contributed by atoms with Gasteiger partial charge in [0.2, 0.25) is 11.1 Å². The van der Waals surface area contributed by atoms with Crippen LogP contribution in [0.3, 0.4) is 0 Å². The number of hydrogen-bond donors (Lipinski definition) is 2. The van der Waals surface area contributed by atoms with Crippen molar-refractivity contribution in [2.45, 2.75) is 10.1 Å². The molecule has 0 aliphatic heterocycles. The molecule has 8 heteroatoms. The minimum absolute atomic E-state index is 0.232. The van der Waals surface area contributed by atoms with Gasteiger partial charge in [0.15, 0.2) is 5.11 Å². The molecular weight excluding hydrogens is 280 g/mol. The van der Waals surface area contributed by atoms with E-state index in [0.717, 1.165) is 4.90 Å². The van der Waals surface area contributed by atoms with Crippen LogP contribution in [0.2, 0.25) is 0 Å². The van der Waals surface area contributed by atoms with E-state index in [0.29, 0.717) is 15.8 Å². The first-order valence-electron chi connectivity index (χ1n) is 5.26. The first-order chi connectivity index (χ1) is 9.13. The minimum atomic E-state index is 0.232. The molecule has 0 amide bonds. The van der Waals surface area contributed by atoms with Crippen LogP contribution in [0.15, 0.2) is 34.3 Å². The molecule has 0 saturated heterocycles. The average Bonchev–Trinajstić information content (AvgIpc) is 2.79. The zero-order valence-corrected chi connectivity index (χ0v) is 11.6. The topological polar surface area (TPSA) is 92.5 Å². The number of nitrogens with two attached hydrogens (primary N) is 1. The van der Waals surface area contributed by atoms with E-state index in [4.69, 9.17) is 23.2 Å². The first kappa shape index (κ1) is 13.3. The van der Waals surface area contributed by atoms with Gasteiger partial charge in [-0.05, 0) is 48.2 Å². The maximum atomic E-state index is 8.72. The fraction of sp³-hybridized carbons (Fsp3) is 0.0909. The summed E-state index contributed by atoms with van der Waals surface area (Å²) in [4.78, 5) is 5.04. The van der Waals surface area contributed by atoms with E-state index in [1.807, 2.05) is 12.1 Å². The van der Waals surface area contributed by atoms with Crippen LogP contribution >= 0.6 is 24.0 Å². The second-order valence-electron chi connectivity index (χ2n) is 3.46. The van der Waals surface area contributed by atoms with E-state index in [1.165, 1.54) is 16.4 Å². The molecule has 1 aromatic carbocycles. The van der Waals surface area contributed by atoms with Gasteiger partial charge in [-0.15, -0.1) is 5.10 Å². The van der Waals surface area contributed by atoms with Gasteiger partial charge in [-0.25, -0.2) is 0 Å². The maximum absolute atomic E-state index is 8.72. The van der Waals surface area contributed by atoms with Gasteiger partial charge in [-0.2, -0.15) is 14.9 Å². The smallest absolute Gasteiger partial charge is 0.226 e. The van der Waals surface area contributed by atoms with Crippen LogP contribution in [0.1, 0.15) is 5.56 Å². The van der Waals surface area contributed by atoms with Crippen LogP contribution < -0.4 is 11.1 Å². The molecule has 1 heterocycles. The number of nitriles is 1. The number of nitrogen functional groups attached to an aromatic ring is 1. The maximum Gasteiger partial charge on any atom is 0.226 e. The van der Waals surface area contributed by atoms with Crippen molar-refractivity contribution in [3.05, 3.63) is 29.8 Å². The molecule has 96 valence electrons. The van der Waals surface area contributed by atoms with Crippen LogP contribution in [0.25, 0.3) is 0 Å². The summed E-state index contributed by atoms with van der Waals surface area (Å²) < 4.78 is 1.36. The van der Waals surface area contributed by atoms with Gasteiger partial charge in [0.25, 0.3) is 0 Å². The van der Waals surface area contributed by atoms with Crippen LogP contribution in [0.5, 0.6) is 0 Å². The predicted octanol–water partition coefficient (Wildman–Crippen LogP) is 1.24. The van der Waals surface area contributed by atoms with Crippen molar-refractivity contribution in [1.82, 2.24) is 20.1 Å². The first-order valence-corrected chi connectivity index (χ1v) is 6.49. The van der Waals surface area contributed by atoms with Crippen LogP contribution in [-0.4, -0.2) is 26.9 Å². The number of benzene rings is 1. The fourth-order valence-corrected chi connectivity index (χ4v) is 2.18. The highest BCUT2D eigenvalue weighted by Crippen LogP contribution is 2.25. The van der Waals surface area contributed by atoms with Crippen molar-refractivity contribution in [2.24, 2.45) is 0 Å². The molecule has 3 N–H and O–H groups in total. The van der Waals surface area contributed by atoms with E-state index in [2.05, 4.69) is 21.5 Å². The molecule has 0 saturated carbocycles. The molecule has 19 heavy (non-hydrogen) atoms. The number of nitrogens with one attached hydrogen (secondary N) is 1. The molecule has 2 aromatic rings. The second-order valence-corrected chi connectivity index (χ2v) is 4.89. The Morgan fingerprint density at radius 3 is 2.74 bits per heavy atom. The number of nitrogens with zero attached hydrogens (tertiary/aromatic N) is 4. The Hall–Kier alpha value is -2.11. The molecular formula is C11H10N6S2. The van der Waals surface area contributed by atoms with Gasteiger partial charge in [-0.1, -0.05) is 0 Å². The van der Waals surface area contributed by atoms with Crippen molar-refractivity contribution < 1.29 is 0 Å². The lowest BCUT2D eigenvalue weighted by Gasteiger charge is -2.01. The standard InChI is InChI=1S/C11H10N6S2/c1-14-11(18)17-9(13)15-10(16-17)19-8-4-2-7(6-12)3-5-8/h2-5H,1H3,(H,14,18)(H2,13,15,16). The van der Waals surface area contributed by atoms with E-state index in [1.54, 1.807) is 19.2 Å². The number of aromatic nitrogens is 3. The summed E-state index contributed by atoms with van der Waals surface area (Å²) in [6.07, 6.45) is 0. The second kappa shape index (κ2) is 5.69. The summed E-state index contributed by atoms with van der Waals surface area (Å²) in [5.74, 6) is 0.232. The lowest BCUT2D eigenvalue weighted by Crippen LogP contribution is -2.26. The van der Waals surface area contributed by atoms with Gasteiger partial charge in [0.1, 0.15) is 0 Å². The quantitative estimate of drug-likeness (QED) is 0.804. The Kier molecular flexibility index (Phi) is 3.99. The lowest BCUT2D eigenvalue weighted by atomic mass is 10.2. The number of hydrogen-bond acceptors (Lipinski definition) is 6. The van der Waals surface area contributed by atoms with E-state index in [-0.39, 0.29) is 5.95 Å². The summed E-state index contributed by atoms with van der Waals surface area (Å²) in [7, 11) is 1.69. The van der Waals surface area contributed by atoms with Crippen LogP contribution in [-0.2, 0) is 0 Å². The summed E-state index contributed by atoms with van der Waals surface area (Å²) in [5.41, 5.74) is 6.33. The Morgan fingerprint density at radius 1 is 1.47 bits per heavy atom. The lowest BCUT2D eigenvalue weighted by molar-refractivity contribution is 0.862. The molecule has 0 fully saturated rings. The Morgan fingerprint density at radius 2 is 2.16 bits per heavy atom. The molecule has 0 unspecified atom stereocenters. The predicted molar refractivity (Wildman–Crippen MR) is 76.8 cm³/mol. The van der Waals surface area contributed by atoms with Gasteiger partial charge in [0, 0.05) is 11.9 Å². The molecule has 0 aliphatic carbocycles. The van der Waals surface area contributed by atoms with Crippen molar-refractivity contribution in [3.8, 4) is 6.07 Å². The van der Waals surface area contributed by atoms with E-state index < -0.39 is 0 Å². The summed E-state index contributed by atoms with van der Waals surface area (Å²) in [6.45, 7) is 0. The van der Waals surface area contributed by atoms with Gasteiger partial charge >= 0.3 is 0 Å². The molecule has 0 spiro atoms. The highest BCUT2D eigenvalue weighted by molar-refractivity contribution is 7.99. The minimum Gasteiger partial charge on any atom is -0.368 e. The highest BCUT2D eigenvalue weighted by atomic mass is 32.2. The fourth-order valence-electron chi connectivity index (χ4n) is 1.31. The zero-order chi connectivity index (χ0) is 13.8. The van der Waals surface area contributed by atoms with Gasteiger partial charge in [0.05, 0.1) is 11.6 Å². The molecule has 2 rings (SSSR count). The Labute approximate surface area is 119 Å². The van der Waals surface area contributed by atoms with Gasteiger partial charge in [-0.3, -0.25) is 0 Å². The van der Waals surface area contributed by atoms with E-state index >= 15 is 0 Å². The zero-order valence-electron chi connectivity index (χ0n) is 9.99. The molecule has 0 atom stereocenters. The summed E-state index contributed by atoms with van der Waals surface area (Å²) >= 11 is 6.39. The molecule has 1 aromatic heterocycles. The summed E-state index contributed by atoms with van der Waals surface area (Å²) in [6, 6.07) is 9.20. The molecule has 0 radical (unpaired) electrons. The van der Waals surface area contributed by atoms with E-state index in [9.17, 15) is 0 Å². The summed E-state index contributed by atoms with van der Waals surface area (Å²) in [5, 5.41) is 16.6. The monoisotopic (exact) mass is 290 g/mol. The molecule has 0 bridgehead atoms. The SMILES string of the molecule is CNC(=S)n1nc(Sc2ccc(C#N)cc2)nc1N. The third-order valence-corrected chi connectivity index (χ3v) is 3.45. The van der Waals surface area contributed by atoms with Gasteiger partial charge < -0.3 is 11.1 Å². The van der Waals surface area contributed by atoms with Crippen molar-refractivity contribution in [1.29, 1.82) is 5.26 Å². The number of rotatable bonds is 2. The van der Waals surface area contributed by atoms with Crippen LogP contribution in [0.4, 0.5) is 5.95 Å². The van der Waals surface area contributed by atoms with Crippen molar-refractivity contribution in [2.75, 3.05) is 12.8 Å². The van der Waals surface area contributed by atoms with Crippen LogP contribution in [0, 0.1) is 11.3 Å². The third-order valence-electron chi connectivity index (χ3n) is 2.21. The largest absolute Gasteiger partial charge is 0.368 e. The average molecular weight is 290 g/mol. The molecule has 0 aliphatic rings. The number of anilines is 1. The molecule has 6 nitrogen and oxygen atoms in total.